The van der Waals surface area contributed by atoms with Crippen molar-refractivity contribution in [2.75, 3.05) is 5.32 Å². The van der Waals surface area contributed by atoms with Gasteiger partial charge in [0.05, 0.1) is 11.7 Å². The molecule has 3 rings (SSSR count). The second kappa shape index (κ2) is 9.26. The Hall–Kier alpha value is -2.61. The summed E-state index contributed by atoms with van der Waals surface area (Å²) < 4.78 is 6.60. The van der Waals surface area contributed by atoms with Gasteiger partial charge >= 0.3 is 0 Å². The summed E-state index contributed by atoms with van der Waals surface area (Å²) in [6, 6.07) is 9.63. The molecule has 1 aromatic heterocycles. The van der Waals surface area contributed by atoms with E-state index in [1.54, 1.807) is 12.1 Å². The molecule has 148 valence electrons. The molecule has 0 radical (unpaired) electrons. The van der Waals surface area contributed by atoms with E-state index in [2.05, 4.69) is 27.3 Å². The Kier molecular flexibility index (Phi) is 6.74. The van der Waals surface area contributed by atoms with E-state index < -0.39 is 5.91 Å². The smallest absolute Gasteiger partial charge is 0.266 e. The molecule has 5 nitrogen and oxygen atoms in total. The Morgan fingerprint density at radius 2 is 2.07 bits per heavy atom. The van der Waals surface area contributed by atoms with Gasteiger partial charge in [-0.3, -0.25) is 4.79 Å². The molecule has 0 bridgehead atoms. The van der Waals surface area contributed by atoms with Gasteiger partial charge in [0, 0.05) is 14.9 Å². The number of halogens is 1. The molecule has 0 atom stereocenters. The van der Waals surface area contributed by atoms with Gasteiger partial charge in [0.15, 0.2) is 0 Å². The Balaban J connectivity index is 1.91. The predicted octanol–water partition coefficient (Wildman–Crippen LogP) is 5.59. The molecule has 2 aromatic rings. The Morgan fingerprint density at radius 3 is 2.76 bits per heavy atom. The first kappa shape index (κ1) is 21.1. The number of benzene rings is 1. The van der Waals surface area contributed by atoms with Crippen molar-refractivity contribution in [1.29, 1.82) is 10.5 Å². The molecule has 0 spiro atoms. The van der Waals surface area contributed by atoms with Crippen LogP contribution in [-0.2, 0) is 17.6 Å². The van der Waals surface area contributed by atoms with Gasteiger partial charge in [-0.2, -0.15) is 10.5 Å². The standard InChI is InChI=1S/C22H20BrN3O2S/c1-13(2)28-19-8-7-16(23)10-14(19)9-15(11-24)21(27)26-22-18(12-25)17-5-3-4-6-20(17)29-22/h7-10,13H,3-6H2,1-2H3,(H,26,27)/b15-9-. The van der Waals surface area contributed by atoms with Crippen molar-refractivity contribution in [2.24, 2.45) is 0 Å². The van der Waals surface area contributed by atoms with E-state index >= 15 is 0 Å². The number of nitrogens with zero attached hydrogens (tertiary/aromatic N) is 2. The van der Waals surface area contributed by atoms with Crippen LogP contribution in [0.4, 0.5) is 5.00 Å². The van der Waals surface area contributed by atoms with Gasteiger partial charge < -0.3 is 10.1 Å². The maximum absolute atomic E-state index is 12.8. The molecule has 1 aliphatic carbocycles. The lowest BCUT2D eigenvalue weighted by Crippen LogP contribution is -2.13. The van der Waals surface area contributed by atoms with Crippen molar-refractivity contribution in [1.82, 2.24) is 0 Å². The molecule has 0 saturated carbocycles. The molecule has 0 fully saturated rings. The number of fused-ring (bicyclic) bond motifs is 1. The molecule has 7 heteroatoms. The van der Waals surface area contributed by atoms with E-state index in [1.807, 2.05) is 26.0 Å². The molecule has 0 saturated heterocycles. The second-order valence-corrected chi connectivity index (χ2v) is 9.02. The number of hydrogen-bond acceptors (Lipinski definition) is 5. The average Bonchev–Trinajstić information content (AvgIpc) is 3.04. The van der Waals surface area contributed by atoms with Crippen LogP contribution in [0, 0.1) is 22.7 Å². The molecule has 1 N–H and O–H groups in total. The minimum atomic E-state index is -0.530. The summed E-state index contributed by atoms with van der Waals surface area (Å²) in [6.07, 6.45) is 5.40. The van der Waals surface area contributed by atoms with Gasteiger partial charge in [0.2, 0.25) is 0 Å². The third kappa shape index (κ3) is 4.87. The van der Waals surface area contributed by atoms with Crippen LogP contribution in [0.5, 0.6) is 5.75 Å². The number of anilines is 1. The third-order valence-corrected chi connectivity index (χ3v) is 6.21. The zero-order valence-corrected chi connectivity index (χ0v) is 18.6. The number of hydrogen-bond donors (Lipinski definition) is 1. The van der Waals surface area contributed by atoms with Crippen molar-refractivity contribution in [2.45, 2.75) is 45.6 Å². The predicted molar refractivity (Wildman–Crippen MR) is 118 cm³/mol. The van der Waals surface area contributed by atoms with Gasteiger partial charge in [0.25, 0.3) is 5.91 Å². The zero-order chi connectivity index (χ0) is 21.0. The second-order valence-electron chi connectivity index (χ2n) is 7.00. The first-order chi connectivity index (χ1) is 13.9. The lowest BCUT2D eigenvalue weighted by Gasteiger charge is -2.13. The van der Waals surface area contributed by atoms with Crippen LogP contribution in [0.3, 0.4) is 0 Å². The number of ether oxygens (including phenoxy) is 1. The fraction of sp³-hybridized carbons (Fsp3) is 0.318. The maximum Gasteiger partial charge on any atom is 0.266 e. The molecule has 1 heterocycles. The lowest BCUT2D eigenvalue weighted by molar-refractivity contribution is -0.112. The van der Waals surface area contributed by atoms with Crippen molar-refractivity contribution >= 4 is 44.3 Å². The summed E-state index contributed by atoms with van der Waals surface area (Å²) in [5.74, 6) is 0.0612. The summed E-state index contributed by atoms with van der Waals surface area (Å²) >= 11 is 4.85. The minimum absolute atomic E-state index is 0.0432. The fourth-order valence-corrected chi connectivity index (χ4v) is 4.85. The Labute approximate surface area is 182 Å². The summed E-state index contributed by atoms with van der Waals surface area (Å²) in [4.78, 5) is 13.9. The van der Waals surface area contributed by atoms with Crippen LogP contribution in [0.2, 0.25) is 0 Å². The minimum Gasteiger partial charge on any atom is -0.490 e. The molecular weight excluding hydrogens is 450 g/mol. The van der Waals surface area contributed by atoms with E-state index in [4.69, 9.17) is 4.74 Å². The molecule has 0 unspecified atom stereocenters. The number of aryl methyl sites for hydroxylation is 1. The fourth-order valence-electron chi connectivity index (χ4n) is 3.24. The molecule has 0 aliphatic heterocycles. The molecule has 1 amide bonds. The van der Waals surface area contributed by atoms with E-state index in [9.17, 15) is 15.3 Å². The number of amides is 1. The molecule has 1 aromatic carbocycles. The summed E-state index contributed by atoms with van der Waals surface area (Å²) in [6.45, 7) is 3.82. The maximum atomic E-state index is 12.8. The molecular formula is C22H20BrN3O2S. The largest absolute Gasteiger partial charge is 0.490 e. The number of carbonyl (C=O) groups is 1. The van der Waals surface area contributed by atoms with Crippen LogP contribution in [-0.4, -0.2) is 12.0 Å². The van der Waals surface area contributed by atoms with E-state index in [0.717, 1.165) is 40.6 Å². The SMILES string of the molecule is CC(C)Oc1ccc(Br)cc1/C=C(/C#N)C(=O)Nc1sc2c(c1C#N)CCCC2. The first-order valence-corrected chi connectivity index (χ1v) is 11.0. The normalized spacial score (nSPS) is 13.4. The van der Waals surface area contributed by atoms with Crippen molar-refractivity contribution in [3.63, 3.8) is 0 Å². The molecule has 1 aliphatic rings. The van der Waals surface area contributed by atoms with Crippen molar-refractivity contribution in [3.05, 3.63) is 49.8 Å². The van der Waals surface area contributed by atoms with Crippen LogP contribution in [0.15, 0.2) is 28.2 Å². The van der Waals surface area contributed by atoms with Gasteiger partial charge in [-0.25, -0.2) is 0 Å². The Bertz CT molecular complexity index is 1060. The monoisotopic (exact) mass is 469 g/mol. The average molecular weight is 470 g/mol. The third-order valence-electron chi connectivity index (χ3n) is 4.51. The van der Waals surface area contributed by atoms with Crippen LogP contribution in [0.1, 0.15) is 48.3 Å². The van der Waals surface area contributed by atoms with Crippen LogP contribution >= 0.6 is 27.3 Å². The summed E-state index contributed by atoms with van der Waals surface area (Å²) in [5.41, 5.74) is 2.15. The van der Waals surface area contributed by atoms with Crippen molar-refractivity contribution in [3.8, 4) is 17.9 Å². The Morgan fingerprint density at radius 1 is 1.31 bits per heavy atom. The number of nitriles is 2. The highest BCUT2D eigenvalue weighted by molar-refractivity contribution is 9.10. The first-order valence-electron chi connectivity index (χ1n) is 9.37. The number of thiophene rings is 1. The molecule has 29 heavy (non-hydrogen) atoms. The number of carbonyl (C=O) groups excluding carboxylic acids is 1. The number of nitrogens with one attached hydrogen (secondary N) is 1. The highest BCUT2D eigenvalue weighted by Crippen LogP contribution is 2.38. The van der Waals surface area contributed by atoms with Gasteiger partial charge in [0.1, 0.15) is 28.5 Å². The van der Waals surface area contributed by atoms with E-state index in [1.165, 1.54) is 17.4 Å². The highest BCUT2D eigenvalue weighted by Gasteiger charge is 2.23. The quantitative estimate of drug-likeness (QED) is 0.456. The van der Waals surface area contributed by atoms with Gasteiger partial charge in [-0.05, 0) is 69.4 Å². The topological polar surface area (TPSA) is 85.9 Å². The van der Waals surface area contributed by atoms with Gasteiger partial charge in [-0.15, -0.1) is 11.3 Å². The summed E-state index contributed by atoms with van der Waals surface area (Å²) in [7, 11) is 0. The number of rotatable bonds is 5. The van der Waals surface area contributed by atoms with E-state index in [-0.39, 0.29) is 11.7 Å². The van der Waals surface area contributed by atoms with Gasteiger partial charge in [-0.1, -0.05) is 15.9 Å². The van der Waals surface area contributed by atoms with Crippen molar-refractivity contribution < 1.29 is 9.53 Å². The van der Waals surface area contributed by atoms with Crippen LogP contribution in [0.25, 0.3) is 6.08 Å². The summed E-state index contributed by atoms with van der Waals surface area (Å²) in [5, 5.41) is 22.4. The lowest BCUT2D eigenvalue weighted by atomic mass is 9.96. The highest BCUT2D eigenvalue weighted by atomic mass is 79.9. The van der Waals surface area contributed by atoms with Crippen LogP contribution < -0.4 is 10.1 Å². The zero-order valence-electron chi connectivity index (χ0n) is 16.2. The van der Waals surface area contributed by atoms with E-state index in [0.29, 0.717) is 21.9 Å².